The molecule has 1 fully saturated rings. The predicted molar refractivity (Wildman–Crippen MR) is 66.6 cm³/mol. The van der Waals surface area contributed by atoms with E-state index in [1.54, 1.807) is 20.8 Å². The van der Waals surface area contributed by atoms with Gasteiger partial charge in [0.15, 0.2) is 5.54 Å². The monoisotopic (exact) mass is 277 g/mol. The molecule has 1 aliphatic rings. The molecule has 18 heavy (non-hydrogen) atoms. The number of nitrogens with one attached hydrogen (secondary N) is 1. The summed E-state index contributed by atoms with van der Waals surface area (Å²) in [5.41, 5.74) is -1.87. The number of hydrogen-bond donors (Lipinski definition) is 1. The molecule has 104 valence electrons. The SMILES string of the molecule is COC(=O)C1(NC(=O)OC(C)(C)C)CCS(=O)C1. The van der Waals surface area contributed by atoms with Crippen LogP contribution in [0.5, 0.6) is 0 Å². The molecule has 0 saturated carbocycles. The Labute approximate surface area is 109 Å². The van der Waals surface area contributed by atoms with E-state index in [2.05, 4.69) is 10.1 Å². The average Bonchev–Trinajstić information content (AvgIpc) is 2.57. The highest BCUT2D eigenvalue weighted by Gasteiger charge is 2.47. The summed E-state index contributed by atoms with van der Waals surface area (Å²) in [6.45, 7) is 5.18. The largest absolute Gasteiger partial charge is 0.467 e. The van der Waals surface area contributed by atoms with Gasteiger partial charge in [-0.05, 0) is 27.2 Å². The van der Waals surface area contributed by atoms with Crippen LogP contribution < -0.4 is 5.32 Å². The molecule has 0 aromatic heterocycles. The number of ether oxygens (including phenoxy) is 2. The molecule has 1 N–H and O–H groups in total. The number of carbonyl (C=O) groups is 2. The van der Waals surface area contributed by atoms with E-state index >= 15 is 0 Å². The highest BCUT2D eigenvalue weighted by molar-refractivity contribution is 7.85. The van der Waals surface area contributed by atoms with Crippen molar-refractivity contribution in [1.82, 2.24) is 5.32 Å². The van der Waals surface area contributed by atoms with E-state index in [0.717, 1.165) is 0 Å². The van der Waals surface area contributed by atoms with E-state index in [-0.39, 0.29) is 5.75 Å². The molecule has 2 atom stereocenters. The van der Waals surface area contributed by atoms with Crippen molar-refractivity contribution >= 4 is 22.9 Å². The van der Waals surface area contributed by atoms with Gasteiger partial charge in [0.25, 0.3) is 0 Å². The van der Waals surface area contributed by atoms with E-state index in [1.165, 1.54) is 7.11 Å². The normalized spacial score (nSPS) is 27.7. The molecular weight excluding hydrogens is 258 g/mol. The van der Waals surface area contributed by atoms with Crippen LogP contribution in [-0.4, -0.2) is 46.0 Å². The van der Waals surface area contributed by atoms with Crippen LogP contribution in [0.4, 0.5) is 4.79 Å². The molecule has 1 heterocycles. The van der Waals surface area contributed by atoms with Crippen LogP contribution in [0.2, 0.25) is 0 Å². The zero-order valence-electron chi connectivity index (χ0n) is 11.1. The van der Waals surface area contributed by atoms with Gasteiger partial charge in [0, 0.05) is 16.6 Å². The topological polar surface area (TPSA) is 81.7 Å². The molecule has 0 aromatic rings. The second-order valence-electron chi connectivity index (χ2n) is 5.24. The van der Waals surface area contributed by atoms with Crippen molar-refractivity contribution in [1.29, 1.82) is 0 Å². The van der Waals surface area contributed by atoms with Crippen LogP contribution in [0, 0.1) is 0 Å². The Morgan fingerprint density at radius 2 is 1.94 bits per heavy atom. The molecule has 0 spiro atoms. The van der Waals surface area contributed by atoms with E-state index in [1.807, 2.05) is 0 Å². The number of alkyl carbamates (subject to hydrolysis) is 1. The highest BCUT2D eigenvalue weighted by atomic mass is 32.2. The number of methoxy groups -OCH3 is 1. The Hall–Kier alpha value is -1.11. The second-order valence-corrected chi connectivity index (χ2v) is 6.82. The van der Waals surface area contributed by atoms with E-state index in [4.69, 9.17) is 4.74 Å². The van der Waals surface area contributed by atoms with Crippen LogP contribution in [0.3, 0.4) is 0 Å². The number of carbonyl (C=O) groups excluding carboxylic acids is 2. The molecule has 1 aliphatic heterocycles. The van der Waals surface area contributed by atoms with Crippen LogP contribution in [-0.2, 0) is 25.1 Å². The molecule has 6 nitrogen and oxygen atoms in total. The second kappa shape index (κ2) is 5.26. The average molecular weight is 277 g/mol. The van der Waals surface area contributed by atoms with Gasteiger partial charge in [0.1, 0.15) is 5.60 Å². The fourth-order valence-electron chi connectivity index (χ4n) is 1.71. The lowest BCUT2D eigenvalue weighted by atomic mass is 10.00. The first-order valence-electron chi connectivity index (χ1n) is 5.63. The summed E-state index contributed by atoms with van der Waals surface area (Å²) < 4.78 is 21.2. The molecule has 0 bridgehead atoms. The van der Waals surface area contributed by atoms with Crippen LogP contribution >= 0.6 is 0 Å². The summed E-state index contributed by atoms with van der Waals surface area (Å²) in [6.07, 6.45) is -0.405. The van der Waals surface area contributed by atoms with Gasteiger partial charge in [0.2, 0.25) is 0 Å². The van der Waals surface area contributed by atoms with Crippen LogP contribution in [0.25, 0.3) is 0 Å². The first-order valence-corrected chi connectivity index (χ1v) is 7.12. The standard InChI is InChI=1S/C11H19NO5S/c1-10(2,3)17-9(14)12-11(8(13)16-4)5-6-18(15)7-11/h5-7H2,1-4H3,(H,12,14). The molecule has 0 radical (unpaired) electrons. The lowest BCUT2D eigenvalue weighted by Gasteiger charge is -2.28. The van der Waals surface area contributed by atoms with Crippen molar-refractivity contribution in [3.05, 3.63) is 0 Å². The molecule has 1 saturated heterocycles. The number of esters is 1. The van der Waals surface area contributed by atoms with Crippen LogP contribution in [0.15, 0.2) is 0 Å². The van der Waals surface area contributed by atoms with Crippen LogP contribution in [0.1, 0.15) is 27.2 Å². The Morgan fingerprint density at radius 1 is 1.33 bits per heavy atom. The minimum atomic E-state index is -1.22. The molecule has 0 aliphatic carbocycles. The van der Waals surface area contributed by atoms with Gasteiger partial charge >= 0.3 is 12.1 Å². The zero-order chi connectivity index (χ0) is 14.0. The van der Waals surface area contributed by atoms with Crippen molar-refractivity contribution < 1.29 is 23.3 Å². The Morgan fingerprint density at radius 3 is 2.33 bits per heavy atom. The Balaban J connectivity index is 2.78. The third kappa shape index (κ3) is 3.69. The maximum atomic E-state index is 11.8. The first kappa shape index (κ1) is 14.9. The van der Waals surface area contributed by atoms with E-state index in [0.29, 0.717) is 12.2 Å². The number of amides is 1. The Bertz CT molecular complexity index is 376. The summed E-state index contributed by atoms with van der Waals surface area (Å²) in [4.78, 5) is 23.5. The number of hydrogen-bond acceptors (Lipinski definition) is 5. The third-order valence-corrected chi connectivity index (χ3v) is 3.95. The van der Waals surface area contributed by atoms with Gasteiger partial charge in [-0.1, -0.05) is 0 Å². The summed E-state index contributed by atoms with van der Waals surface area (Å²) in [5, 5.41) is 2.50. The smallest absolute Gasteiger partial charge is 0.408 e. The van der Waals surface area contributed by atoms with Crippen molar-refractivity contribution in [2.75, 3.05) is 18.6 Å². The molecule has 7 heteroatoms. The highest BCUT2D eigenvalue weighted by Crippen LogP contribution is 2.23. The van der Waals surface area contributed by atoms with Crippen molar-refractivity contribution in [2.24, 2.45) is 0 Å². The van der Waals surface area contributed by atoms with Gasteiger partial charge in [-0.2, -0.15) is 0 Å². The summed E-state index contributed by atoms with van der Waals surface area (Å²) in [5.74, 6) is -0.150. The maximum Gasteiger partial charge on any atom is 0.408 e. The summed E-state index contributed by atoms with van der Waals surface area (Å²) in [7, 11) is 0.113. The van der Waals surface area contributed by atoms with Gasteiger partial charge in [-0.3, -0.25) is 4.21 Å². The minimum Gasteiger partial charge on any atom is -0.467 e. The number of rotatable bonds is 2. The molecular formula is C11H19NO5S. The third-order valence-electron chi connectivity index (χ3n) is 2.48. The first-order chi connectivity index (χ1) is 8.18. The van der Waals surface area contributed by atoms with Crippen molar-refractivity contribution in [3.63, 3.8) is 0 Å². The quantitative estimate of drug-likeness (QED) is 0.746. The molecule has 1 amide bonds. The van der Waals surface area contributed by atoms with Gasteiger partial charge < -0.3 is 14.8 Å². The summed E-state index contributed by atoms with van der Waals surface area (Å²) in [6, 6.07) is 0. The molecule has 2 unspecified atom stereocenters. The lowest BCUT2D eigenvalue weighted by molar-refractivity contribution is -0.147. The van der Waals surface area contributed by atoms with Crippen molar-refractivity contribution in [2.45, 2.75) is 38.3 Å². The Kier molecular flexibility index (Phi) is 4.37. The lowest BCUT2D eigenvalue weighted by Crippen LogP contribution is -2.56. The van der Waals surface area contributed by atoms with Gasteiger partial charge in [-0.25, -0.2) is 9.59 Å². The van der Waals surface area contributed by atoms with Gasteiger partial charge in [-0.15, -0.1) is 0 Å². The molecule has 1 rings (SSSR count). The fraction of sp³-hybridized carbons (Fsp3) is 0.818. The van der Waals surface area contributed by atoms with Crippen molar-refractivity contribution in [3.8, 4) is 0 Å². The molecule has 0 aromatic carbocycles. The minimum absolute atomic E-state index is 0.0684. The fourth-order valence-corrected chi connectivity index (χ4v) is 3.32. The zero-order valence-corrected chi connectivity index (χ0v) is 11.9. The predicted octanol–water partition coefficient (Wildman–Crippen LogP) is 0.575. The van der Waals surface area contributed by atoms with E-state index < -0.39 is 34.0 Å². The van der Waals surface area contributed by atoms with E-state index in [9.17, 15) is 13.8 Å². The maximum absolute atomic E-state index is 11.8. The summed E-state index contributed by atoms with van der Waals surface area (Å²) >= 11 is 0. The van der Waals surface area contributed by atoms with Gasteiger partial charge in [0.05, 0.1) is 12.9 Å².